The zero-order chi connectivity index (χ0) is 9.45. The third-order valence-electron chi connectivity index (χ3n) is 1.79. The zero-order valence-corrected chi connectivity index (χ0v) is 9.68. The van der Waals surface area contributed by atoms with Crippen LogP contribution in [0.5, 0.6) is 0 Å². The van der Waals surface area contributed by atoms with Crippen LogP contribution in [0.15, 0.2) is 0 Å². The number of unbranched alkanes of at least 4 members (excludes halogenated alkanes) is 1. The van der Waals surface area contributed by atoms with Gasteiger partial charge < -0.3 is 26.7 Å². The van der Waals surface area contributed by atoms with Gasteiger partial charge in [-0.05, 0) is 6.42 Å². The molecule has 0 fully saturated rings. The van der Waals surface area contributed by atoms with E-state index in [0.717, 1.165) is 24.1 Å². The molecule has 0 aliphatic heterocycles. The van der Waals surface area contributed by atoms with Crippen molar-refractivity contribution in [2.45, 2.75) is 19.8 Å². The zero-order valence-electron chi connectivity index (χ0n) is 8.92. The van der Waals surface area contributed by atoms with E-state index in [1.807, 2.05) is 0 Å². The summed E-state index contributed by atoms with van der Waals surface area (Å²) < 4.78 is 6.19. The molecule has 0 bridgehead atoms. The summed E-state index contributed by atoms with van der Waals surface area (Å²) in [6.45, 7) is 4.66. The molecule has 0 atom stereocenters. The van der Waals surface area contributed by atoms with Crippen LogP contribution in [0, 0.1) is 0 Å². The van der Waals surface area contributed by atoms with Crippen LogP contribution in [-0.4, -0.2) is 50.2 Å². The number of hydrogen-bond donors (Lipinski definition) is 1. The standard InChI is InChI=1S/C9H22NO2.ClH/c1-4-5-8-12-9-10(2,3)6-7-11;/h11H,4-9H2,1-3H3;1H/q+1;/p-1. The van der Waals surface area contributed by atoms with Gasteiger partial charge in [0.05, 0.1) is 27.3 Å². The molecular weight excluding hydrogens is 190 g/mol. The fourth-order valence-electron chi connectivity index (χ4n) is 0.893. The Kier molecular flexibility index (Phi) is 10.5. The van der Waals surface area contributed by atoms with Gasteiger partial charge in [0.15, 0.2) is 6.73 Å². The molecule has 0 aliphatic carbocycles. The van der Waals surface area contributed by atoms with Gasteiger partial charge in [-0.25, -0.2) is 0 Å². The minimum Gasteiger partial charge on any atom is -1.00 e. The number of ether oxygens (including phenoxy) is 1. The Labute approximate surface area is 87.7 Å². The summed E-state index contributed by atoms with van der Waals surface area (Å²) in [7, 11) is 4.12. The van der Waals surface area contributed by atoms with Crippen LogP contribution in [0.2, 0.25) is 0 Å². The molecule has 0 saturated heterocycles. The number of rotatable bonds is 7. The molecule has 0 heterocycles. The first-order valence-electron chi connectivity index (χ1n) is 4.63. The van der Waals surface area contributed by atoms with Crippen LogP contribution in [-0.2, 0) is 4.74 Å². The normalized spacial score (nSPS) is 11.1. The summed E-state index contributed by atoms with van der Waals surface area (Å²) in [5.41, 5.74) is 0. The van der Waals surface area contributed by atoms with E-state index in [4.69, 9.17) is 9.84 Å². The Morgan fingerprint density at radius 2 is 1.92 bits per heavy atom. The molecule has 0 amide bonds. The monoisotopic (exact) mass is 211 g/mol. The van der Waals surface area contributed by atoms with E-state index in [1.165, 1.54) is 6.42 Å². The fourth-order valence-corrected chi connectivity index (χ4v) is 0.893. The highest BCUT2D eigenvalue weighted by atomic mass is 35.5. The van der Waals surface area contributed by atoms with Crippen molar-refractivity contribution < 1.29 is 26.7 Å². The van der Waals surface area contributed by atoms with E-state index in [2.05, 4.69) is 21.0 Å². The van der Waals surface area contributed by atoms with E-state index < -0.39 is 0 Å². The Bertz CT molecular complexity index is 110. The van der Waals surface area contributed by atoms with Gasteiger partial charge in [-0.1, -0.05) is 13.3 Å². The van der Waals surface area contributed by atoms with E-state index in [0.29, 0.717) is 6.73 Å². The van der Waals surface area contributed by atoms with Crippen molar-refractivity contribution in [3.63, 3.8) is 0 Å². The summed E-state index contributed by atoms with van der Waals surface area (Å²) in [4.78, 5) is 0. The van der Waals surface area contributed by atoms with Crippen molar-refractivity contribution in [1.29, 1.82) is 0 Å². The lowest BCUT2D eigenvalue weighted by Crippen LogP contribution is -3.00. The number of aliphatic hydroxyl groups excluding tert-OH is 1. The van der Waals surface area contributed by atoms with Crippen LogP contribution in [0.1, 0.15) is 19.8 Å². The lowest BCUT2D eigenvalue weighted by molar-refractivity contribution is -0.910. The molecule has 0 aromatic carbocycles. The topological polar surface area (TPSA) is 29.5 Å². The SMILES string of the molecule is CCCCOC[N+](C)(C)CCO.[Cl-]. The number of hydrogen-bond acceptors (Lipinski definition) is 2. The summed E-state index contributed by atoms with van der Waals surface area (Å²) in [5, 5.41) is 8.73. The van der Waals surface area contributed by atoms with Crippen LogP contribution >= 0.6 is 0 Å². The van der Waals surface area contributed by atoms with E-state index >= 15 is 0 Å². The highest BCUT2D eigenvalue weighted by molar-refractivity contribution is 4.30. The van der Waals surface area contributed by atoms with Gasteiger partial charge in [-0.2, -0.15) is 0 Å². The van der Waals surface area contributed by atoms with Gasteiger partial charge in [0.1, 0.15) is 6.54 Å². The van der Waals surface area contributed by atoms with Gasteiger partial charge >= 0.3 is 0 Å². The predicted molar refractivity (Wildman–Crippen MR) is 49.8 cm³/mol. The highest BCUT2D eigenvalue weighted by Crippen LogP contribution is 1.97. The van der Waals surface area contributed by atoms with Gasteiger partial charge in [-0.3, -0.25) is 0 Å². The largest absolute Gasteiger partial charge is 1.00 e. The van der Waals surface area contributed by atoms with Gasteiger partial charge in [0.25, 0.3) is 0 Å². The number of halogens is 1. The van der Waals surface area contributed by atoms with Gasteiger partial charge in [0, 0.05) is 0 Å². The molecule has 0 radical (unpaired) electrons. The van der Waals surface area contributed by atoms with Crippen LogP contribution < -0.4 is 12.4 Å². The Hall–Kier alpha value is 0.170. The summed E-state index contributed by atoms with van der Waals surface area (Å²) >= 11 is 0. The average molecular weight is 212 g/mol. The number of likely N-dealkylation sites (N-methyl/N-ethyl adjacent to an activating group) is 1. The lowest BCUT2D eigenvalue weighted by Gasteiger charge is -2.28. The highest BCUT2D eigenvalue weighted by Gasteiger charge is 2.12. The molecule has 3 nitrogen and oxygen atoms in total. The van der Waals surface area contributed by atoms with Crippen molar-refractivity contribution in [3.05, 3.63) is 0 Å². The Morgan fingerprint density at radius 3 is 2.38 bits per heavy atom. The van der Waals surface area contributed by atoms with Crippen molar-refractivity contribution >= 4 is 0 Å². The Morgan fingerprint density at radius 1 is 1.31 bits per heavy atom. The Balaban J connectivity index is 0. The molecule has 0 aromatic heterocycles. The molecule has 82 valence electrons. The summed E-state index contributed by atoms with van der Waals surface area (Å²) in [5.74, 6) is 0. The fraction of sp³-hybridized carbons (Fsp3) is 1.00. The third-order valence-corrected chi connectivity index (χ3v) is 1.79. The quantitative estimate of drug-likeness (QED) is 0.295. The first-order chi connectivity index (χ1) is 5.62. The summed E-state index contributed by atoms with van der Waals surface area (Å²) in [6, 6.07) is 0. The van der Waals surface area contributed by atoms with Crippen molar-refractivity contribution in [1.82, 2.24) is 0 Å². The molecule has 0 rings (SSSR count). The first-order valence-corrected chi connectivity index (χ1v) is 4.63. The maximum Gasteiger partial charge on any atom is 0.182 e. The molecule has 0 aromatic rings. The van der Waals surface area contributed by atoms with Crippen LogP contribution in [0.4, 0.5) is 0 Å². The molecule has 0 spiro atoms. The lowest BCUT2D eigenvalue weighted by atomic mass is 10.4. The number of quaternary nitrogens is 1. The summed E-state index contributed by atoms with van der Waals surface area (Å²) in [6.07, 6.45) is 2.30. The maximum absolute atomic E-state index is 8.73. The van der Waals surface area contributed by atoms with E-state index in [-0.39, 0.29) is 19.0 Å². The van der Waals surface area contributed by atoms with Crippen molar-refractivity contribution in [2.75, 3.05) is 40.6 Å². The smallest absolute Gasteiger partial charge is 0.182 e. The number of nitrogens with zero attached hydrogens (tertiary/aromatic N) is 1. The molecular formula is C9H22ClNO2. The van der Waals surface area contributed by atoms with Crippen LogP contribution in [0.25, 0.3) is 0 Å². The molecule has 0 aliphatic rings. The molecule has 4 heteroatoms. The van der Waals surface area contributed by atoms with E-state index in [9.17, 15) is 0 Å². The first kappa shape index (κ1) is 15.6. The van der Waals surface area contributed by atoms with E-state index in [1.54, 1.807) is 0 Å². The predicted octanol–water partition coefficient (Wildman–Crippen LogP) is -2.17. The van der Waals surface area contributed by atoms with Crippen molar-refractivity contribution in [3.8, 4) is 0 Å². The minimum absolute atomic E-state index is 0. The van der Waals surface area contributed by atoms with Crippen LogP contribution in [0.3, 0.4) is 0 Å². The second-order valence-corrected chi connectivity index (χ2v) is 3.77. The molecule has 13 heavy (non-hydrogen) atoms. The molecule has 1 N–H and O–H groups in total. The second kappa shape index (κ2) is 8.75. The minimum atomic E-state index is 0. The maximum atomic E-state index is 8.73. The third kappa shape index (κ3) is 10.1. The molecule has 0 saturated carbocycles. The number of aliphatic hydroxyl groups is 1. The average Bonchev–Trinajstić information content (AvgIpc) is 1.98. The second-order valence-electron chi connectivity index (χ2n) is 3.77. The van der Waals surface area contributed by atoms with Gasteiger partial charge in [0.2, 0.25) is 0 Å². The molecule has 0 unspecified atom stereocenters. The van der Waals surface area contributed by atoms with Gasteiger partial charge in [-0.15, -0.1) is 0 Å². The van der Waals surface area contributed by atoms with Crippen molar-refractivity contribution in [2.24, 2.45) is 0 Å².